The van der Waals surface area contributed by atoms with Crippen molar-refractivity contribution >= 4 is 5.91 Å². The van der Waals surface area contributed by atoms with Crippen molar-refractivity contribution in [3.05, 3.63) is 11.9 Å². The van der Waals surface area contributed by atoms with Gasteiger partial charge >= 0.3 is 0 Å². The molecule has 1 saturated heterocycles. The fourth-order valence-electron chi connectivity index (χ4n) is 2.04. The van der Waals surface area contributed by atoms with Gasteiger partial charge in [-0.05, 0) is 12.8 Å². The highest BCUT2D eigenvalue weighted by Gasteiger charge is 2.23. The number of likely N-dealkylation sites (tertiary alicyclic amines) is 1. The molecule has 16 heavy (non-hydrogen) atoms. The van der Waals surface area contributed by atoms with Gasteiger partial charge in [0, 0.05) is 26.6 Å². The van der Waals surface area contributed by atoms with Crippen LogP contribution >= 0.6 is 0 Å². The highest BCUT2D eigenvalue weighted by atomic mass is 16.2. The molecule has 0 bridgehead atoms. The van der Waals surface area contributed by atoms with Crippen LogP contribution in [0.4, 0.5) is 0 Å². The van der Waals surface area contributed by atoms with E-state index in [-0.39, 0.29) is 11.9 Å². The molecule has 6 heteroatoms. The number of amides is 1. The van der Waals surface area contributed by atoms with Crippen molar-refractivity contribution in [2.45, 2.75) is 32.4 Å². The average Bonchev–Trinajstić information content (AvgIpc) is 2.77. The Bertz CT molecular complexity index is 375. The fourth-order valence-corrected chi connectivity index (χ4v) is 2.04. The Balaban J connectivity index is 2.06. The lowest BCUT2D eigenvalue weighted by atomic mass is 10.1. The van der Waals surface area contributed by atoms with E-state index in [1.807, 2.05) is 15.8 Å². The smallest absolute Gasteiger partial charge is 0.219 e. The summed E-state index contributed by atoms with van der Waals surface area (Å²) in [6.07, 6.45) is 3.92. The molecule has 1 aliphatic heterocycles. The fraction of sp³-hybridized carbons (Fsp3) is 0.700. The molecule has 0 aromatic carbocycles. The second-order valence-corrected chi connectivity index (χ2v) is 4.16. The lowest BCUT2D eigenvalue weighted by Crippen LogP contribution is -2.39. The average molecular weight is 223 g/mol. The molecule has 1 aliphatic rings. The van der Waals surface area contributed by atoms with Crippen LogP contribution in [0, 0.1) is 0 Å². The van der Waals surface area contributed by atoms with Gasteiger partial charge < -0.3 is 10.6 Å². The molecule has 6 nitrogen and oxygen atoms in total. The van der Waals surface area contributed by atoms with Crippen molar-refractivity contribution < 1.29 is 4.79 Å². The molecular weight excluding hydrogens is 206 g/mol. The van der Waals surface area contributed by atoms with Crippen LogP contribution in [0.3, 0.4) is 0 Å². The van der Waals surface area contributed by atoms with Gasteiger partial charge in [0.2, 0.25) is 5.91 Å². The van der Waals surface area contributed by atoms with Gasteiger partial charge in [0.1, 0.15) is 0 Å². The van der Waals surface area contributed by atoms with Gasteiger partial charge in [-0.1, -0.05) is 5.21 Å². The first-order valence-corrected chi connectivity index (χ1v) is 5.57. The molecule has 2 N–H and O–H groups in total. The Hall–Kier alpha value is -1.43. The molecule has 0 aliphatic carbocycles. The van der Waals surface area contributed by atoms with Crippen molar-refractivity contribution in [3.63, 3.8) is 0 Å². The lowest BCUT2D eigenvalue weighted by Gasteiger charge is -2.31. The van der Waals surface area contributed by atoms with E-state index in [0.29, 0.717) is 6.54 Å². The van der Waals surface area contributed by atoms with Gasteiger partial charge in [0.25, 0.3) is 0 Å². The summed E-state index contributed by atoms with van der Waals surface area (Å²) in [5, 5.41) is 8.02. The zero-order valence-electron chi connectivity index (χ0n) is 9.46. The summed E-state index contributed by atoms with van der Waals surface area (Å²) in [6, 6.07) is 0.241. The molecule has 0 radical (unpaired) electrons. The number of piperidine rings is 1. The number of carbonyl (C=O) groups is 1. The lowest BCUT2D eigenvalue weighted by molar-refractivity contribution is -0.130. The normalized spacial score (nSPS) is 21.1. The molecular formula is C10H17N5O. The maximum atomic E-state index is 11.3. The standard InChI is InChI=1S/C10H17N5O/c1-8(16)14-4-2-3-10(7-14)15-6-9(5-11)12-13-15/h6,10H,2-5,7,11H2,1H3/t10-/m1/s1. The van der Waals surface area contributed by atoms with Crippen molar-refractivity contribution in [3.8, 4) is 0 Å². The first-order valence-electron chi connectivity index (χ1n) is 5.57. The SMILES string of the molecule is CC(=O)N1CCC[C@@H](n2cc(CN)nn2)C1. The van der Waals surface area contributed by atoms with Crippen molar-refractivity contribution in [1.29, 1.82) is 0 Å². The minimum absolute atomic E-state index is 0.129. The minimum atomic E-state index is 0.129. The Morgan fingerprint density at radius 1 is 1.69 bits per heavy atom. The third-order valence-electron chi connectivity index (χ3n) is 2.98. The molecule has 1 aromatic rings. The molecule has 0 unspecified atom stereocenters. The Kier molecular flexibility index (Phi) is 3.19. The molecule has 0 saturated carbocycles. The largest absolute Gasteiger partial charge is 0.341 e. The molecule has 2 heterocycles. The van der Waals surface area contributed by atoms with Crippen LogP contribution in [0.25, 0.3) is 0 Å². The maximum absolute atomic E-state index is 11.3. The summed E-state index contributed by atoms with van der Waals surface area (Å²) >= 11 is 0. The first-order chi connectivity index (χ1) is 7.70. The number of rotatable bonds is 2. The summed E-state index contributed by atoms with van der Waals surface area (Å²) in [5.74, 6) is 0.129. The number of hydrogen-bond donors (Lipinski definition) is 1. The second-order valence-electron chi connectivity index (χ2n) is 4.16. The molecule has 1 atom stereocenters. The van der Waals surface area contributed by atoms with Gasteiger partial charge in [0.15, 0.2) is 0 Å². The van der Waals surface area contributed by atoms with Crippen molar-refractivity contribution in [2.24, 2.45) is 5.73 Å². The van der Waals surface area contributed by atoms with Crippen LogP contribution in [0.5, 0.6) is 0 Å². The Morgan fingerprint density at radius 3 is 3.12 bits per heavy atom. The molecule has 0 spiro atoms. The van der Waals surface area contributed by atoms with Crippen LogP contribution in [-0.4, -0.2) is 38.9 Å². The Morgan fingerprint density at radius 2 is 2.50 bits per heavy atom. The van der Waals surface area contributed by atoms with E-state index in [1.165, 1.54) is 0 Å². The van der Waals surface area contributed by atoms with Crippen molar-refractivity contribution in [2.75, 3.05) is 13.1 Å². The minimum Gasteiger partial charge on any atom is -0.341 e. The van der Waals surface area contributed by atoms with Crippen molar-refractivity contribution in [1.82, 2.24) is 19.9 Å². The third kappa shape index (κ3) is 2.21. The van der Waals surface area contributed by atoms with Crippen LogP contribution in [-0.2, 0) is 11.3 Å². The topological polar surface area (TPSA) is 77.0 Å². The van der Waals surface area contributed by atoms with Gasteiger partial charge in [-0.15, -0.1) is 5.10 Å². The number of nitrogens with two attached hydrogens (primary N) is 1. The molecule has 1 aromatic heterocycles. The predicted octanol–water partition coefficient (Wildman–Crippen LogP) is -0.0798. The van der Waals surface area contributed by atoms with Gasteiger partial charge in [0.05, 0.1) is 17.9 Å². The van der Waals surface area contributed by atoms with Gasteiger partial charge in [-0.2, -0.15) is 0 Å². The van der Waals surface area contributed by atoms with E-state index in [2.05, 4.69) is 10.3 Å². The number of carbonyl (C=O) groups excluding carboxylic acids is 1. The van der Waals surface area contributed by atoms with E-state index >= 15 is 0 Å². The number of aromatic nitrogens is 3. The molecule has 88 valence electrons. The summed E-state index contributed by atoms with van der Waals surface area (Å²) in [7, 11) is 0. The number of nitrogens with zero attached hydrogens (tertiary/aromatic N) is 4. The second kappa shape index (κ2) is 4.61. The van der Waals surface area contributed by atoms with Gasteiger partial charge in [-0.25, -0.2) is 4.68 Å². The van der Waals surface area contributed by atoms with E-state index < -0.39 is 0 Å². The third-order valence-corrected chi connectivity index (χ3v) is 2.98. The summed E-state index contributed by atoms with van der Waals surface area (Å²) in [4.78, 5) is 13.2. The number of hydrogen-bond acceptors (Lipinski definition) is 4. The summed E-state index contributed by atoms with van der Waals surface area (Å²) in [5.41, 5.74) is 6.28. The summed E-state index contributed by atoms with van der Waals surface area (Å²) in [6.45, 7) is 3.59. The highest BCUT2D eigenvalue weighted by molar-refractivity contribution is 5.73. The zero-order valence-corrected chi connectivity index (χ0v) is 9.46. The van der Waals surface area contributed by atoms with Gasteiger partial charge in [-0.3, -0.25) is 4.79 Å². The Labute approximate surface area is 94.4 Å². The van der Waals surface area contributed by atoms with Crippen LogP contribution < -0.4 is 5.73 Å². The quantitative estimate of drug-likeness (QED) is 0.760. The molecule has 1 fully saturated rings. The zero-order chi connectivity index (χ0) is 11.5. The maximum Gasteiger partial charge on any atom is 0.219 e. The first kappa shape index (κ1) is 11.1. The van der Waals surface area contributed by atoms with Crippen LogP contribution in [0.2, 0.25) is 0 Å². The van der Waals surface area contributed by atoms with E-state index in [4.69, 9.17) is 5.73 Å². The molecule has 2 rings (SSSR count). The predicted molar refractivity (Wildman–Crippen MR) is 58.4 cm³/mol. The van der Waals surface area contributed by atoms with Crippen LogP contribution in [0.1, 0.15) is 31.5 Å². The van der Waals surface area contributed by atoms with E-state index in [9.17, 15) is 4.79 Å². The summed E-state index contributed by atoms with van der Waals surface area (Å²) < 4.78 is 1.83. The molecule has 1 amide bonds. The highest BCUT2D eigenvalue weighted by Crippen LogP contribution is 2.20. The van der Waals surface area contributed by atoms with E-state index in [0.717, 1.165) is 31.6 Å². The van der Waals surface area contributed by atoms with E-state index in [1.54, 1.807) is 6.92 Å². The monoisotopic (exact) mass is 223 g/mol. The van der Waals surface area contributed by atoms with Crippen LogP contribution in [0.15, 0.2) is 6.20 Å².